The van der Waals surface area contributed by atoms with Crippen molar-refractivity contribution in [2.45, 2.75) is 139 Å². The van der Waals surface area contributed by atoms with Gasteiger partial charge < -0.3 is 33.2 Å². The fourth-order valence-electron chi connectivity index (χ4n) is 14.4. The van der Waals surface area contributed by atoms with E-state index in [9.17, 15) is 14.4 Å². The number of Topliss-reactive ketones (excluding diaryl/α,β-unsaturated/α-hetero) is 1. The predicted molar refractivity (Wildman–Crippen MR) is 180 cm³/mol. The van der Waals surface area contributed by atoms with Gasteiger partial charge in [-0.25, -0.2) is 0 Å². The Balaban J connectivity index is 0.00000386. The molecule has 0 unspecified atom stereocenters. The first-order chi connectivity index (χ1) is 21.3. The van der Waals surface area contributed by atoms with Crippen molar-refractivity contribution in [1.82, 2.24) is 4.90 Å². The van der Waals surface area contributed by atoms with Gasteiger partial charge in [0, 0.05) is 49.5 Å². The lowest BCUT2D eigenvalue weighted by atomic mass is 9.31. The van der Waals surface area contributed by atoms with Crippen molar-refractivity contribution >= 4 is 17.7 Å². The van der Waals surface area contributed by atoms with Crippen LogP contribution in [0.3, 0.4) is 0 Å². The Bertz CT molecular complexity index is 1310. The van der Waals surface area contributed by atoms with Crippen LogP contribution in [0.15, 0.2) is 0 Å². The van der Waals surface area contributed by atoms with E-state index in [-0.39, 0.29) is 74.5 Å². The van der Waals surface area contributed by atoms with Crippen molar-refractivity contribution in [3.63, 3.8) is 0 Å². The summed E-state index contributed by atoms with van der Waals surface area (Å²) >= 11 is 0. The van der Waals surface area contributed by atoms with Gasteiger partial charge in [0.1, 0.15) is 11.9 Å². The fourth-order valence-corrected chi connectivity index (χ4v) is 14.4. The van der Waals surface area contributed by atoms with Crippen LogP contribution in [-0.4, -0.2) is 66.5 Å². The molecule has 5 aliphatic carbocycles. The van der Waals surface area contributed by atoms with Gasteiger partial charge in [0.25, 0.3) is 0 Å². The number of amides is 1. The smallest absolute Gasteiger partial charge is 0.302 e. The maximum atomic E-state index is 14.9. The molecule has 3 aliphatic heterocycles. The minimum atomic E-state index is -0.337. The third-order valence-electron chi connectivity index (χ3n) is 17.4. The zero-order valence-corrected chi connectivity index (χ0v) is 33.3. The van der Waals surface area contributed by atoms with Gasteiger partial charge in [-0.05, 0) is 103 Å². The van der Waals surface area contributed by atoms with Crippen molar-refractivity contribution < 1.29 is 47.6 Å². The highest BCUT2D eigenvalue weighted by Crippen LogP contribution is 2.76. The van der Waals surface area contributed by atoms with Crippen LogP contribution in [-0.2, 0) is 19.1 Å². The number of piperidine rings is 1. The molecule has 266 valence electrons. The zero-order chi connectivity index (χ0) is 33.3. The van der Waals surface area contributed by atoms with Crippen LogP contribution >= 0.6 is 0 Å². The molecule has 8 aliphatic rings. The summed E-state index contributed by atoms with van der Waals surface area (Å²) in [4.78, 5) is 43.8. The number of halogens is 1. The van der Waals surface area contributed by atoms with E-state index >= 15 is 0 Å². The Hall–Kier alpha value is -0.700. The van der Waals surface area contributed by atoms with Gasteiger partial charge in [-0.2, -0.15) is 0 Å². The lowest BCUT2D eigenvalue weighted by Crippen LogP contribution is -3.00. The van der Waals surface area contributed by atoms with Crippen molar-refractivity contribution in [3.8, 4) is 0 Å². The third kappa shape index (κ3) is 5.16. The highest BCUT2D eigenvalue weighted by Gasteiger charge is 2.72. The number of fused-ring (bicyclic) bond motifs is 11. The number of hydrogen-bond acceptors (Lipinski definition) is 4. The van der Waals surface area contributed by atoms with Crippen LogP contribution in [0.2, 0.25) is 0 Å². The average molecular weight is 765 g/mol. The molecule has 5 saturated carbocycles. The highest BCUT2D eigenvalue weighted by molar-refractivity contribution is 5.85. The molecule has 0 spiro atoms. The maximum absolute atomic E-state index is 14.9. The highest BCUT2D eigenvalue weighted by atomic mass is 127. The standard InChI is InChI=1S/C40H65N2O4.HI/c1-26(43)46-32-11-14-38(6)31(35(32,2)3)10-15-40(8)33(38)30(44)22-28-29-23-37(5,17-16-36(29,4)18-19-39(28,40)7)34(45)41-24-27-12-20-42(9,25-41)21-13-27;/h27-29,31-33H,10-25H2,1-9H3;1H/q+1;/p-1/t27?,28-,29-,31-,32-,33+,36+,37-,38-,39+,40+,42?;/m0./s1. The quantitative estimate of drug-likeness (QED) is 0.234. The minimum Gasteiger partial charge on any atom is -1.00 e. The molecule has 0 aromatic carbocycles. The second kappa shape index (κ2) is 11.4. The largest absolute Gasteiger partial charge is 1.00 e. The van der Waals surface area contributed by atoms with Gasteiger partial charge in [-0.3, -0.25) is 19.3 Å². The molecule has 10 atom stereocenters. The number of ketones is 1. The van der Waals surface area contributed by atoms with Crippen molar-refractivity contribution in [3.05, 3.63) is 0 Å². The summed E-state index contributed by atoms with van der Waals surface area (Å²) in [6.45, 7) is 22.7. The number of rotatable bonds is 2. The summed E-state index contributed by atoms with van der Waals surface area (Å²) in [5, 5.41) is 0. The third-order valence-corrected chi connectivity index (χ3v) is 17.4. The van der Waals surface area contributed by atoms with Crippen LogP contribution in [0.1, 0.15) is 132 Å². The van der Waals surface area contributed by atoms with Crippen LogP contribution in [0.4, 0.5) is 0 Å². The first kappa shape index (κ1) is 36.1. The molecular formula is C40H65IN2O4. The van der Waals surface area contributed by atoms with E-state index in [4.69, 9.17) is 4.74 Å². The van der Waals surface area contributed by atoms with Crippen LogP contribution in [0, 0.1) is 62.1 Å². The molecular weight excluding hydrogens is 699 g/mol. The molecule has 47 heavy (non-hydrogen) atoms. The van der Waals surface area contributed by atoms with Crippen LogP contribution < -0.4 is 24.0 Å². The fraction of sp³-hybridized carbons (Fsp3) is 0.925. The van der Waals surface area contributed by atoms with Crippen molar-refractivity contribution in [2.24, 2.45) is 62.1 Å². The first-order valence-electron chi connectivity index (χ1n) is 19.1. The molecule has 3 heterocycles. The van der Waals surface area contributed by atoms with Crippen LogP contribution in [0.5, 0.6) is 0 Å². The van der Waals surface area contributed by atoms with Crippen LogP contribution in [0.25, 0.3) is 0 Å². The van der Waals surface area contributed by atoms with Gasteiger partial charge in [0.15, 0.2) is 6.67 Å². The van der Waals surface area contributed by atoms with E-state index in [1.54, 1.807) is 0 Å². The van der Waals surface area contributed by atoms with E-state index in [1.165, 1.54) is 45.7 Å². The molecule has 8 rings (SSSR count). The maximum Gasteiger partial charge on any atom is 0.302 e. The number of ether oxygens (including phenoxy) is 1. The lowest BCUT2D eigenvalue weighted by molar-refractivity contribution is -0.919. The van der Waals surface area contributed by atoms with Gasteiger partial charge in [-0.15, -0.1) is 0 Å². The monoisotopic (exact) mass is 764 g/mol. The second-order valence-electron chi connectivity index (χ2n) is 20.3. The van der Waals surface area contributed by atoms with Gasteiger partial charge in [0.2, 0.25) is 5.91 Å². The second-order valence-corrected chi connectivity index (χ2v) is 20.3. The number of carbonyl (C=O) groups excluding carboxylic acids is 3. The SMILES string of the molecule is CC(=O)O[C@H]1CC[C@]2(C)[C@H]3C(=O)C[C@H]4[C@@H]5C[C@@](C)(C(=O)N6CC7CC[N+](C)(CC7)C6)CC[C@]5(C)CC[C@@]4(C)[C@]3(C)CC[C@H]2C1(C)C.[I-]. The Morgan fingerprint density at radius 1 is 0.830 bits per heavy atom. The number of hydrogen-bond donors (Lipinski definition) is 0. The summed E-state index contributed by atoms with van der Waals surface area (Å²) in [5.74, 6) is 2.52. The van der Waals surface area contributed by atoms with Gasteiger partial charge >= 0.3 is 5.97 Å². The molecule has 7 heteroatoms. The van der Waals surface area contributed by atoms with E-state index in [0.29, 0.717) is 41.8 Å². The van der Waals surface area contributed by atoms with Gasteiger partial charge in [0.05, 0.1) is 20.1 Å². The molecule has 0 radical (unpaired) electrons. The topological polar surface area (TPSA) is 63.7 Å². The number of esters is 1. The molecule has 3 saturated heterocycles. The Labute approximate surface area is 302 Å². The van der Waals surface area contributed by atoms with Gasteiger partial charge in [-0.1, -0.05) is 48.5 Å². The molecule has 8 fully saturated rings. The van der Waals surface area contributed by atoms with Crippen molar-refractivity contribution in [1.29, 1.82) is 0 Å². The summed E-state index contributed by atoms with van der Waals surface area (Å²) in [6.07, 6.45) is 12.5. The van der Waals surface area contributed by atoms with E-state index in [0.717, 1.165) is 62.6 Å². The minimum absolute atomic E-state index is 0. The normalized spacial score (nSPS) is 51.7. The first-order valence-corrected chi connectivity index (χ1v) is 19.1. The average Bonchev–Trinajstić information content (AvgIpc) is 3.24. The number of carbonyl (C=O) groups is 3. The summed E-state index contributed by atoms with van der Waals surface area (Å²) in [6, 6.07) is 0. The molecule has 2 bridgehead atoms. The summed E-state index contributed by atoms with van der Waals surface area (Å²) in [5.41, 5.74) is -0.353. The lowest BCUT2D eigenvalue weighted by Gasteiger charge is -2.72. The molecule has 1 amide bonds. The summed E-state index contributed by atoms with van der Waals surface area (Å²) < 4.78 is 6.94. The number of nitrogens with zero attached hydrogens (tertiary/aromatic N) is 2. The zero-order valence-electron chi connectivity index (χ0n) is 31.2. The Morgan fingerprint density at radius 2 is 1.49 bits per heavy atom. The summed E-state index contributed by atoms with van der Waals surface area (Å²) in [7, 11) is 2.36. The van der Waals surface area contributed by atoms with Crippen molar-refractivity contribution in [2.75, 3.05) is 33.4 Å². The Kier molecular flexibility index (Phi) is 8.76. The molecule has 0 aromatic heterocycles. The van der Waals surface area contributed by atoms with E-state index in [2.05, 4.69) is 60.4 Å². The Morgan fingerprint density at radius 3 is 2.15 bits per heavy atom. The molecule has 0 N–H and O–H groups in total. The van der Waals surface area contributed by atoms with E-state index < -0.39 is 0 Å². The molecule has 0 aromatic rings. The van der Waals surface area contributed by atoms with E-state index in [1.807, 2.05) is 0 Å². The molecule has 6 nitrogen and oxygen atoms in total. The number of quaternary nitrogens is 1. The predicted octanol–water partition coefficient (Wildman–Crippen LogP) is 4.64.